The van der Waals surface area contributed by atoms with Gasteiger partial charge in [-0.15, -0.1) is 0 Å². The van der Waals surface area contributed by atoms with E-state index in [0.717, 1.165) is 19.3 Å². The Morgan fingerprint density at radius 3 is 2.64 bits per heavy atom. The third-order valence-electron chi connectivity index (χ3n) is 3.32. The Balaban J connectivity index is 2.02. The van der Waals surface area contributed by atoms with Crippen LogP contribution in [0.15, 0.2) is 0 Å². The lowest BCUT2D eigenvalue weighted by atomic mass is 9.90. The standard InChI is InChI=1S/C10H18N2O2/c11-8-3-1-2-4-9(8)12-6-7(13)5-10(12)14/h7-9,13H,1-6,11H2/t7?,8-,9+/m1/s1. The quantitative estimate of drug-likeness (QED) is 0.615. The smallest absolute Gasteiger partial charge is 0.225 e. The molecule has 1 amide bonds. The molecule has 2 aliphatic rings. The van der Waals surface area contributed by atoms with Crippen molar-refractivity contribution < 1.29 is 9.90 Å². The Morgan fingerprint density at radius 2 is 2.07 bits per heavy atom. The van der Waals surface area contributed by atoms with E-state index in [1.165, 1.54) is 6.42 Å². The van der Waals surface area contributed by atoms with Crippen molar-refractivity contribution in [2.45, 2.75) is 50.3 Å². The molecule has 1 saturated carbocycles. The van der Waals surface area contributed by atoms with Crippen LogP contribution in [0.1, 0.15) is 32.1 Å². The number of hydrogen-bond acceptors (Lipinski definition) is 3. The van der Waals surface area contributed by atoms with Crippen molar-refractivity contribution >= 4 is 5.91 Å². The SMILES string of the molecule is N[C@@H]1CCCC[C@@H]1N1CC(O)CC1=O. The number of hydrogen-bond donors (Lipinski definition) is 2. The Morgan fingerprint density at radius 1 is 1.36 bits per heavy atom. The summed E-state index contributed by atoms with van der Waals surface area (Å²) in [6, 6.07) is 0.284. The molecule has 1 heterocycles. The molecule has 4 heteroatoms. The third-order valence-corrected chi connectivity index (χ3v) is 3.32. The summed E-state index contributed by atoms with van der Waals surface area (Å²) in [6.45, 7) is 0.483. The molecule has 0 aromatic carbocycles. The first-order valence-corrected chi connectivity index (χ1v) is 5.41. The molecule has 2 fully saturated rings. The summed E-state index contributed by atoms with van der Waals surface area (Å²) >= 11 is 0. The molecular weight excluding hydrogens is 180 g/mol. The van der Waals surface area contributed by atoms with Gasteiger partial charge in [0.2, 0.25) is 5.91 Å². The van der Waals surface area contributed by atoms with Crippen LogP contribution in [0.3, 0.4) is 0 Å². The van der Waals surface area contributed by atoms with Crippen LogP contribution in [-0.4, -0.2) is 40.6 Å². The highest BCUT2D eigenvalue weighted by Gasteiger charge is 2.36. The number of rotatable bonds is 1. The van der Waals surface area contributed by atoms with Crippen LogP contribution in [0.5, 0.6) is 0 Å². The van der Waals surface area contributed by atoms with E-state index in [-0.39, 0.29) is 24.4 Å². The monoisotopic (exact) mass is 198 g/mol. The van der Waals surface area contributed by atoms with Crippen LogP contribution in [0.2, 0.25) is 0 Å². The number of nitrogens with zero attached hydrogens (tertiary/aromatic N) is 1. The summed E-state index contributed by atoms with van der Waals surface area (Å²) in [5, 5.41) is 9.38. The number of β-amino-alcohol motifs (C(OH)–C–C–N with tert-alkyl or cyclic N) is 1. The molecule has 0 spiro atoms. The average Bonchev–Trinajstić information content (AvgIpc) is 2.46. The molecule has 80 valence electrons. The predicted octanol–water partition coefficient (Wildman–Crippen LogP) is -0.151. The molecule has 1 saturated heterocycles. The summed E-state index contributed by atoms with van der Waals surface area (Å²) < 4.78 is 0. The maximum atomic E-state index is 11.5. The van der Waals surface area contributed by atoms with Crippen LogP contribution in [-0.2, 0) is 4.79 Å². The van der Waals surface area contributed by atoms with Crippen LogP contribution in [0, 0.1) is 0 Å². The van der Waals surface area contributed by atoms with Gasteiger partial charge in [0.1, 0.15) is 0 Å². The molecule has 1 aliphatic heterocycles. The van der Waals surface area contributed by atoms with Gasteiger partial charge in [0.05, 0.1) is 12.5 Å². The Hall–Kier alpha value is -0.610. The Bertz CT molecular complexity index is 232. The minimum atomic E-state index is -0.475. The van der Waals surface area contributed by atoms with E-state index in [2.05, 4.69) is 0 Å². The Labute approximate surface area is 84.1 Å². The number of aliphatic hydroxyl groups is 1. The molecular formula is C10H18N2O2. The minimum absolute atomic E-state index is 0.0693. The lowest BCUT2D eigenvalue weighted by Crippen LogP contribution is -2.50. The van der Waals surface area contributed by atoms with Crippen LogP contribution < -0.4 is 5.73 Å². The van der Waals surface area contributed by atoms with Gasteiger partial charge in [-0.05, 0) is 12.8 Å². The summed E-state index contributed by atoms with van der Waals surface area (Å²) in [5.74, 6) is 0.0693. The first-order chi connectivity index (χ1) is 6.68. The van der Waals surface area contributed by atoms with Gasteiger partial charge in [-0.3, -0.25) is 4.79 Å². The van der Waals surface area contributed by atoms with Crippen molar-refractivity contribution in [3.8, 4) is 0 Å². The van der Waals surface area contributed by atoms with Gasteiger partial charge in [-0.2, -0.15) is 0 Å². The van der Waals surface area contributed by atoms with Crippen molar-refractivity contribution in [1.82, 2.24) is 4.90 Å². The van der Waals surface area contributed by atoms with Crippen molar-refractivity contribution in [2.24, 2.45) is 5.73 Å². The number of carbonyl (C=O) groups is 1. The zero-order valence-electron chi connectivity index (χ0n) is 8.35. The van der Waals surface area contributed by atoms with Crippen molar-refractivity contribution in [3.05, 3.63) is 0 Å². The zero-order chi connectivity index (χ0) is 10.1. The second kappa shape index (κ2) is 3.87. The van der Waals surface area contributed by atoms with Gasteiger partial charge in [-0.1, -0.05) is 12.8 Å². The third kappa shape index (κ3) is 1.77. The number of nitrogens with two attached hydrogens (primary N) is 1. The second-order valence-electron chi connectivity index (χ2n) is 4.42. The van der Waals surface area contributed by atoms with Crippen LogP contribution >= 0.6 is 0 Å². The van der Waals surface area contributed by atoms with E-state index < -0.39 is 6.10 Å². The van der Waals surface area contributed by atoms with Crippen molar-refractivity contribution in [1.29, 1.82) is 0 Å². The van der Waals surface area contributed by atoms with Gasteiger partial charge in [0, 0.05) is 18.6 Å². The molecule has 1 unspecified atom stereocenters. The van der Waals surface area contributed by atoms with Gasteiger partial charge < -0.3 is 15.7 Å². The molecule has 0 aromatic heterocycles. The number of likely N-dealkylation sites (tertiary alicyclic amines) is 1. The fraction of sp³-hybridized carbons (Fsp3) is 0.900. The molecule has 4 nitrogen and oxygen atoms in total. The fourth-order valence-corrected chi connectivity index (χ4v) is 2.56. The molecule has 2 rings (SSSR count). The summed E-state index contributed by atoms with van der Waals surface area (Å²) in [5.41, 5.74) is 5.99. The fourth-order valence-electron chi connectivity index (χ4n) is 2.56. The maximum Gasteiger partial charge on any atom is 0.225 e. The minimum Gasteiger partial charge on any atom is -0.391 e. The highest BCUT2D eigenvalue weighted by Crippen LogP contribution is 2.25. The van der Waals surface area contributed by atoms with Gasteiger partial charge in [0.25, 0.3) is 0 Å². The predicted molar refractivity (Wildman–Crippen MR) is 52.6 cm³/mol. The van der Waals surface area contributed by atoms with E-state index in [1.807, 2.05) is 0 Å². The first-order valence-electron chi connectivity index (χ1n) is 5.41. The molecule has 0 bridgehead atoms. The number of aliphatic hydroxyl groups excluding tert-OH is 1. The highest BCUT2D eigenvalue weighted by atomic mass is 16.3. The van der Waals surface area contributed by atoms with Gasteiger partial charge in [0.15, 0.2) is 0 Å². The maximum absolute atomic E-state index is 11.5. The molecule has 0 radical (unpaired) electrons. The topological polar surface area (TPSA) is 66.6 Å². The molecule has 14 heavy (non-hydrogen) atoms. The van der Waals surface area contributed by atoms with Crippen LogP contribution in [0.25, 0.3) is 0 Å². The lowest BCUT2D eigenvalue weighted by molar-refractivity contribution is -0.130. The van der Waals surface area contributed by atoms with E-state index in [1.54, 1.807) is 4.90 Å². The molecule has 0 aromatic rings. The Kier molecular flexibility index (Phi) is 2.74. The van der Waals surface area contributed by atoms with Gasteiger partial charge >= 0.3 is 0 Å². The van der Waals surface area contributed by atoms with E-state index in [9.17, 15) is 9.90 Å². The normalized spacial score (nSPS) is 39.1. The van der Waals surface area contributed by atoms with E-state index in [0.29, 0.717) is 6.54 Å². The first kappa shape index (κ1) is 9.93. The summed E-state index contributed by atoms with van der Waals surface area (Å²) in [6.07, 6.45) is 4.13. The zero-order valence-corrected chi connectivity index (χ0v) is 8.35. The van der Waals surface area contributed by atoms with Crippen molar-refractivity contribution in [2.75, 3.05) is 6.54 Å². The van der Waals surface area contributed by atoms with Crippen molar-refractivity contribution in [3.63, 3.8) is 0 Å². The highest BCUT2D eigenvalue weighted by molar-refractivity contribution is 5.79. The molecule has 1 aliphatic carbocycles. The van der Waals surface area contributed by atoms with E-state index in [4.69, 9.17) is 5.73 Å². The number of amides is 1. The second-order valence-corrected chi connectivity index (χ2v) is 4.42. The average molecular weight is 198 g/mol. The summed E-state index contributed by atoms with van der Waals surface area (Å²) in [7, 11) is 0. The van der Waals surface area contributed by atoms with Gasteiger partial charge in [-0.25, -0.2) is 0 Å². The van der Waals surface area contributed by atoms with E-state index >= 15 is 0 Å². The lowest BCUT2D eigenvalue weighted by Gasteiger charge is -2.35. The number of carbonyl (C=O) groups excluding carboxylic acids is 1. The molecule has 3 atom stereocenters. The molecule has 3 N–H and O–H groups in total. The van der Waals surface area contributed by atoms with Crippen LogP contribution in [0.4, 0.5) is 0 Å². The largest absolute Gasteiger partial charge is 0.391 e. The summed E-state index contributed by atoms with van der Waals surface area (Å²) in [4.78, 5) is 13.3.